The summed E-state index contributed by atoms with van der Waals surface area (Å²) in [6, 6.07) is 15.6. The molecule has 0 atom stereocenters. The van der Waals surface area contributed by atoms with Crippen LogP contribution in [0.5, 0.6) is 5.75 Å². The van der Waals surface area contributed by atoms with E-state index in [4.69, 9.17) is 0 Å². The number of para-hydroxylation sites is 3. The number of hydrogen-bond acceptors (Lipinski definition) is 4. The summed E-state index contributed by atoms with van der Waals surface area (Å²) in [6.07, 6.45) is 0. The minimum atomic E-state index is -2.97. The average Bonchev–Trinajstić information content (AvgIpc) is 3.19. The molecule has 162 valence electrons. The monoisotopic (exact) mass is 428 g/mol. The number of halogens is 2. The molecule has 2 N–H and O–H groups in total. The molecular weight excluding hydrogens is 406 g/mol. The van der Waals surface area contributed by atoms with E-state index in [1.807, 2.05) is 35.2 Å². The average molecular weight is 428 g/mol. The van der Waals surface area contributed by atoms with Crippen molar-refractivity contribution in [1.29, 1.82) is 0 Å². The van der Waals surface area contributed by atoms with Gasteiger partial charge in [-0.3, -0.25) is 14.5 Å². The summed E-state index contributed by atoms with van der Waals surface area (Å²) in [5, 5.41) is 3.60. The molecule has 0 aliphatic carbocycles. The van der Waals surface area contributed by atoms with Gasteiger partial charge in [-0.1, -0.05) is 30.3 Å². The second-order valence-corrected chi connectivity index (χ2v) is 7.26. The van der Waals surface area contributed by atoms with Crippen molar-refractivity contribution in [3.05, 3.63) is 60.3 Å². The third kappa shape index (κ3) is 5.00. The fourth-order valence-electron chi connectivity index (χ4n) is 3.63. The second-order valence-electron chi connectivity index (χ2n) is 7.26. The lowest BCUT2D eigenvalue weighted by atomic mass is 10.2. The highest BCUT2D eigenvalue weighted by atomic mass is 19.3. The molecule has 7 nitrogen and oxygen atoms in total. The molecule has 1 aliphatic rings. The number of rotatable bonds is 6. The molecule has 1 aliphatic heterocycles. The van der Waals surface area contributed by atoms with Gasteiger partial charge < -0.3 is 19.9 Å². The summed E-state index contributed by atoms with van der Waals surface area (Å²) < 4.78 is 29.5. The highest BCUT2D eigenvalue weighted by molar-refractivity contribution is 5.98. The number of benzene rings is 2. The predicted octanol–water partition coefficient (Wildman–Crippen LogP) is 3.17. The van der Waals surface area contributed by atoms with E-state index in [0.717, 1.165) is 10.9 Å². The quantitative estimate of drug-likeness (QED) is 0.632. The summed E-state index contributed by atoms with van der Waals surface area (Å²) in [5.41, 5.74) is 1.65. The molecule has 0 bridgehead atoms. The van der Waals surface area contributed by atoms with Gasteiger partial charge in [0.1, 0.15) is 11.4 Å². The van der Waals surface area contributed by atoms with Crippen LogP contribution >= 0.6 is 0 Å². The van der Waals surface area contributed by atoms with Gasteiger partial charge in [0.2, 0.25) is 5.91 Å². The van der Waals surface area contributed by atoms with Crippen LogP contribution in [-0.2, 0) is 4.79 Å². The molecule has 4 rings (SSSR count). The maximum atomic E-state index is 12.8. The van der Waals surface area contributed by atoms with Gasteiger partial charge in [-0.05, 0) is 24.3 Å². The number of anilines is 1. The van der Waals surface area contributed by atoms with Crippen LogP contribution in [-0.4, -0.2) is 65.9 Å². The van der Waals surface area contributed by atoms with E-state index >= 15 is 0 Å². The fourth-order valence-corrected chi connectivity index (χ4v) is 3.63. The zero-order valence-electron chi connectivity index (χ0n) is 16.7. The van der Waals surface area contributed by atoms with Gasteiger partial charge in [-0.15, -0.1) is 0 Å². The number of hydrogen-bond donors (Lipinski definition) is 2. The van der Waals surface area contributed by atoms with E-state index in [2.05, 4.69) is 15.0 Å². The third-order valence-electron chi connectivity index (χ3n) is 5.16. The first kappa shape index (κ1) is 20.8. The Labute approximate surface area is 177 Å². The second kappa shape index (κ2) is 9.13. The van der Waals surface area contributed by atoms with Crippen molar-refractivity contribution < 1.29 is 23.1 Å². The molecule has 9 heteroatoms. The predicted molar refractivity (Wildman–Crippen MR) is 112 cm³/mol. The van der Waals surface area contributed by atoms with Gasteiger partial charge in [0.15, 0.2) is 0 Å². The summed E-state index contributed by atoms with van der Waals surface area (Å²) >= 11 is 0. The summed E-state index contributed by atoms with van der Waals surface area (Å²) in [7, 11) is 0. The first-order valence-electron chi connectivity index (χ1n) is 9.92. The molecule has 0 radical (unpaired) electrons. The van der Waals surface area contributed by atoms with Gasteiger partial charge in [0.25, 0.3) is 5.91 Å². The molecule has 2 heterocycles. The largest absolute Gasteiger partial charge is 0.433 e. The number of nitrogens with one attached hydrogen (secondary N) is 2. The number of fused-ring (bicyclic) bond motifs is 1. The van der Waals surface area contributed by atoms with Crippen molar-refractivity contribution in [3.8, 4) is 5.75 Å². The normalized spacial score (nSPS) is 14.7. The molecule has 2 aromatic carbocycles. The van der Waals surface area contributed by atoms with Crippen LogP contribution in [0.3, 0.4) is 0 Å². The van der Waals surface area contributed by atoms with Crippen molar-refractivity contribution in [2.75, 3.05) is 38.0 Å². The number of ether oxygens (including phenoxy) is 1. The van der Waals surface area contributed by atoms with E-state index in [-0.39, 0.29) is 29.8 Å². The molecule has 0 saturated carbocycles. The lowest BCUT2D eigenvalue weighted by Gasteiger charge is -2.34. The van der Waals surface area contributed by atoms with E-state index in [1.165, 1.54) is 12.1 Å². The van der Waals surface area contributed by atoms with E-state index in [1.54, 1.807) is 17.0 Å². The molecule has 0 unspecified atom stereocenters. The number of amides is 2. The number of nitrogens with zero attached hydrogens (tertiary/aromatic N) is 2. The number of aromatic nitrogens is 1. The zero-order valence-corrected chi connectivity index (χ0v) is 16.7. The fraction of sp³-hybridized carbons (Fsp3) is 0.273. The molecule has 1 saturated heterocycles. The van der Waals surface area contributed by atoms with Gasteiger partial charge in [-0.25, -0.2) is 0 Å². The van der Waals surface area contributed by atoms with E-state index in [0.29, 0.717) is 31.9 Å². The minimum Gasteiger partial charge on any atom is -0.433 e. The minimum absolute atomic E-state index is 0.0709. The Hall–Kier alpha value is -3.46. The van der Waals surface area contributed by atoms with Crippen LogP contribution in [0.15, 0.2) is 54.6 Å². The van der Waals surface area contributed by atoms with Crippen LogP contribution < -0.4 is 10.1 Å². The maximum Gasteiger partial charge on any atom is 0.387 e. The first-order valence-corrected chi connectivity index (χ1v) is 9.92. The van der Waals surface area contributed by atoms with E-state index < -0.39 is 6.61 Å². The summed E-state index contributed by atoms with van der Waals surface area (Å²) in [4.78, 5) is 32.0. The zero-order chi connectivity index (χ0) is 21.8. The SMILES string of the molecule is O=C(CN1CCN(C(=O)c2cc3ccccc3[nH]2)CC1)Nc1ccccc1OC(F)F. The highest BCUT2D eigenvalue weighted by Crippen LogP contribution is 2.25. The standard InChI is InChI=1S/C22H22F2N4O3/c23-22(24)31-19-8-4-3-7-17(19)26-20(29)14-27-9-11-28(12-10-27)21(30)18-13-15-5-1-2-6-16(15)25-18/h1-8,13,22,25H,9-12,14H2,(H,26,29). The maximum absolute atomic E-state index is 12.8. The first-order chi connectivity index (χ1) is 15.0. The van der Waals surface area contributed by atoms with Crippen molar-refractivity contribution in [3.63, 3.8) is 0 Å². The van der Waals surface area contributed by atoms with Gasteiger partial charge in [0, 0.05) is 37.1 Å². The molecule has 1 fully saturated rings. The Kier molecular flexibility index (Phi) is 6.13. The van der Waals surface area contributed by atoms with Crippen LogP contribution in [0.25, 0.3) is 10.9 Å². The van der Waals surface area contributed by atoms with Crippen LogP contribution in [0.1, 0.15) is 10.5 Å². The van der Waals surface area contributed by atoms with E-state index in [9.17, 15) is 18.4 Å². The Morgan fingerprint density at radius 1 is 1.03 bits per heavy atom. The Morgan fingerprint density at radius 2 is 1.74 bits per heavy atom. The Morgan fingerprint density at radius 3 is 2.48 bits per heavy atom. The number of H-pyrrole nitrogens is 1. The molecule has 2 amide bonds. The van der Waals surface area contributed by atoms with Crippen molar-refractivity contribution in [2.24, 2.45) is 0 Å². The van der Waals surface area contributed by atoms with Gasteiger partial charge in [0.05, 0.1) is 12.2 Å². The Bertz CT molecular complexity index is 1040. The third-order valence-corrected chi connectivity index (χ3v) is 5.16. The topological polar surface area (TPSA) is 77.7 Å². The molecular formula is C22H22F2N4O3. The molecule has 3 aromatic rings. The smallest absolute Gasteiger partial charge is 0.387 e. The van der Waals surface area contributed by atoms with Gasteiger partial charge >= 0.3 is 6.61 Å². The van der Waals surface area contributed by atoms with Crippen molar-refractivity contribution >= 4 is 28.4 Å². The lowest BCUT2D eigenvalue weighted by Crippen LogP contribution is -2.50. The van der Waals surface area contributed by atoms with Crippen LogP contribution in [0.2, 0.25) is 0 Å². The number of carbonyl (C=O) groups is 2. The highest BCUT2D eigenvalue weighted by Gasteiger charge is 2.24. The number of carbonyl (C=O) groups excluding carboxylic acids is 2. The van der Waals surface area contributed by atoms with Crippen molar-refractivity contribution in [2.45, 2.75) is 6.61 Å². The summed E-state index contributed by atoms with van der Waals surface area (Å²) in [5.74, 6) is -0.487. The lowest BCUT2D eigenvalue weighted by molar-refractivity contribution is -0.117. The molecule has 0 spiro atoms. The van der Waals surface area contributed by atoms with Crippen molar-refractivity contribution in [1.82, 2.24) is 14.8 Å². The molecule has 1 aromatic heterocycles. The number of piperazine rings is 1. The number of aromatic amines is 1. The van der Waals surface area contributed by atoms with Crippen LogP contribution in [0, 0.1) is 0 Å². The summed E-state index contributed by atoms with van der Waals surface area (Å²) in [6.45, 7) is -0.819. The van der Waals surface area contributed by atoms with Gasteiger partial charge in [-0.2, -0.15) is 8.78 Å². The molecule has 31 heavy (non-hydrogen) atoms. The Balaban J connectivity index is 1.30. The number of alkyl halides is 2. The van der Waals surface area contributed by atoms with Crippen LogP contribution in [0.4, 0.5) is 14.5 Å².